The van der Waals surface area contributed by atoms with E-state index in [4.69, 9.17) is 4.74 Å². The first-order valence-electron chi connectivity index (χ1n) is 10.3. The van der Waals surface area contributed by atoms with Crippen molar-refractivity contribution in [3.63, 3.8) is 0 Å². The van der Waals surface area contributed by atoms with Gasteiger partial charge in [0.1, 0.15) is 5.00 Å². The van der Waals surface area contributed by atoms with Gasteiger partial charge in [-0.1, -0.05) is 19.8 Å². The summed E-state index contributed by atoms with van der Waals surface area (Å²) in [6.45, 7) is 2.43. The lowest BCUT2D eigenvalue weighted by Crippen LogP contribution is -2.27. The third kappa shape index (κ3) is 3.42. The predicted octanol–water partition coefficient (Wildman–Crippen LogP) is 4.96. The third-order valence-electron chi connectivity index (χ3n) is 6.37. The molecule has 0 aliphatic heterocycles. The minimum absolute atomic E-state index is 0.123. The normalized spacial score (nSPS) is 27.0. The molecule has 26 heavy (non-hydrogen) atoms. The Morgan fingerprint density at radius 2 is 2.00 bits per heavy atom. The minimum atomic E-state index is -0.255. The van der Waals surface area contributed by atoms with Gasteiger partial charge in [0.25, 0.3) is 0 Å². The molecule has 4 nitrogen and oxygen atoms in total. The Balaban J connectivity index is 1.58. The van der Waals surface area contributed by atoms with Crippen LogP contribution in [0, 0.1) is 17.8 Å². The van der Waals surface area contributed by atoms with Crippen molar-refractivity contribution in [2.24, 2.45) is 17.8 Å². The van der Waals surface area contributed by atoms with Crippen molar-refractivity contribution in [3.8, 4) is 0 Å². The first-order valence-corrected chi connectivity index (χ1v) is 11.1. The molecular formula is C21H29NO3S. The maximum Gasteiger partial charge on any atom is 0.341 e. The van der Waals surface area contributed by atoms with Crippen molar-refractivity contribution in [1.29, 1.82) is 0 Å². The highest BCUT2D eigenvalue weighted by atomic mass is 32.1. The molecule has 1 aromatic rings. The summed E-state index contributed by atoms with van der Waals surface area (Å²) >= 11 is 1.61. The van der Waals surface area contributed by atoms with E-state index in [2.05, 4.69) is 5.32 Å². The van der Waals surface area contributed by atoms with Gasteiger partial charge in [-0.15, -0.1) is 11.3 Å². The monoisotopic (exact) mass is 375 g/mol. The highest BCUT2D eigenvalue weighted by molar-refractivity contribution is 7.17. The zero-order valence-corrected chi connectivity index (χ0v) is 16.5. The molecule has 1 amide bonds. The van der Waals surface area contributed by atoms with Crippen LogP contribution < -0.4 is 5.32 Å². The quantitative estimate of drug-likeness (QED) is 0.585. The minimum Gasteiger partial charge on any atom is -0.462 e. The van der Waals surface area contributed by atoms with Crippen molar-refractivity contribution >= 4 is 28.2 Å². The van der Waals surface area contributed by atoms with Crippen LogP contribution >= 0.6 is 11.3 Å². The number of fused-ring (bicyclic) bond motifs is 3. The van der Waals surface area contributed by atoms with Gasteiger partial charge >= 0.3 is 5.97 Å². The second-order valence-corrected chi connectivity index (χ2v) is 9.28. The van der Waals surface area contributed by atoms with Crippen LogP contribution in [-0.4, -0.2) is 18.5 Å². The Hall–Kier alpha value is -1.36. The number of carbonyl (C=O) groups excluding carboxylic acids is 2. The molecule has 2 bridgehead atoms. The molecule has 2 saturated carbocycles. The van der Waals surface area contributed by atoms with Gasteiger partial charge in [-0.2, -0.15) is 0 Å². The molecule has 0 saturated heterocycles. The van der Waals surface area contributed by atoms with Crippen LogP contribution in [0.2, 0.25) is 0 Å². The molecule has 4 rings (SSSR count). The summed E-state index contributed by atoms with van der Waals surface area (Å²) < 4.78 is 5.46. The Labute approximate surface area is 159 Å². The number of hydrogen-bond acceptors (Lipinski definition) is 4. The maximum absolute atomic E-state index is 12.9. The van der Waals surface area contributed by atoms with E-state index in [-0.39, 0.29) is 17.8 Å². The van der Waals surface area contributed by atoms with E-state index in [0.29, 0.717) is 18.1 Å². The summed E-state index contributed by atoms with van der Waals surface area (Å²) in [5, 5.41) is 3.89. The van der Waals surface area contributed by atoms with E-state index in [1.54, 1.807) is 11.3 Å². The van der Waals surface area contributed by atoms with Crippen LogP contribution in [0.1, 0.15) is 79.1 Å². The summed E-state index contributed by atoms with van der Waals surface area (Å²) in [5.41, 5.74) is 1.79. The average Bonchev–Trinajstić information content (AvgIpc) is 3.30. The molecule has 0 radical (unpaired) electrons. The summed E-state index contributed by atoms with van der Waals surface area (Å²) in [6.07, 6.45) is 10.9. The molecule has 5 heteroatoms. The number of hydrogen-bond donors (Lipinski definition) is 1. The molecular weight excluding hydrogens is 346 g/mol. The number of thiophene rings is 1. The van der Waals surface area contributed by atoms with Gasteiger partial charge < -0.3 is 10.1 Å². The smallest absolute Gasteiger partial charge is 0.341 e. The van der Waals surface area contributed by atoms with Crippen LogP contribution in [0.15, 0.2) is 0 Å². The van der Waals surface area contributed by atoms with Crippen LogP contribution in [0.3, 0.4) is 0 Å². The number of aryl methyl sites for hydroxylation is 1. The van der Waals surface area contributed by atoms with Crippen LogP contribution in [0.4, 0.5) is 5.00 Å². The number of esters is 1. The topological polar surface area (TPSA) is 55.4 Å². The van der Waals surface area contributed by atoms with E-state index in [1.165, 1.54) is 30.6 Å². The molecule has 3 aliphatic carbocycles. The standard InChI is InChI=1S/C21H29NO3S/c1-2-10-25-21(24)18-15-6-4-3-5-7-17(15)26-20(18)22-19(23)16-12-13-8-9-14(16)11-13/h13-14,16H,2-12H2,1H3,(H,22,23)/t13-,14-,16+/m1/s1. The first kappa shape index (κ1) is 18.0. The van der Waals surface area contributed by atoms with E-state index in [9.17, 15) is 9.59 Å². The number of ether oxygens (including phenoxy) is 1. The van der Waals surface area contributed by atoms with Crippen molar-refractivity contribution in [2.45, 2.75) is 71.1 Å². The van der Waals surface area contributed by atoms with E-state index < -0.39 is 0 Å². The Morgan fingerprint density at radius 3 is 2.73 bits per heavy atom. The molecule has 1 N–H and O–H groups in total. The Bertz CT molecular complexity index is 696. The Morgan fingerprint density at radius 1 is 1.15 bits per heavy atom. The Kier molecular flexibility index (Phi) is 5.35. The fraction of sp³-hybridized carbons (Fsp3) is 0.714. The summed E-state index contributed by atoms with van der Waals surface area (Å²) in [6, 6.07) is 0. The predicted molar refractivity (Wildman–Crippen MR) is 104 cm³/mol. The molecule has 1 aromatic heterocycles. The van der Waals surface area contributed by atoms with Crippen molar-refractivity contribution in [3.05, 3.63) is 16.0 Å². The molecule has 0 spiro atoms. The van der Waals surface area contributed by atoms with Crippen LogP contribution in [0.25, 0.3) is 0 Å². The first-order chi connectivity index (χ1) is 12.7. The lowest BCUT2D eigenvalue weighted by atomic mass is 9.88. The molecule has 3 atom stereocenters. The van der Waals surface area contributed by atoms with E-state index in [1.807, 2.05) is 6.92 Å². The summed E-state index contributed by atoms with van der Waals surface area (Å²) in [5.74, 6) is 1.29. The second kappa shape index (κ2) is 7.71. The van der Waals surface area contributed by atoms with Crippen LogP contribution in [0.5, 0.6) is 0 Å². The van der Waals surface area contributed by atoms with Gasteiger partial charge in [-0.3, -0.25) is 4.79 Å². The highest BCUT2D eigenvalue weighted by Crippen LogP contribution is 2.49. The van der Waals surface area contributed by atoms with Gasteiger partial charge in [0.05, 0.1) is 12.2 Å². The number of carbonyl (C=O) groups is 2. The third-order valence-corrected chi connectivity index (χ3v) is 7.58. The van der Waals surface area contributed by atoms with E-state index >= 15 is 0 Å². The number of amides is 1. The molecule has 0 unspecified atom stereocenters. The van der Waals surface area contributed by atoms with Crippen molar-refractivity contribution in [1.82, 2.24) is 0 Å². The SMILES string of the molecule is CCCOC(=O)c1c(NC(=O)[C@H]2C[C@@H]3CC[C@@H]2C3)sc2c1CCCCC2. The summed E-state index contributed by atoms with van der Waals surface area (Å²) in [4.78, 5) is 26.9. The average molecular weight is 376 g/mol. The fourth-order valence-corrected chi connectivity index (χ4v) is 6.36. The van der Waals surface area contributed by atoms with Crippen molar-refractivity contribution in [2.75, 3.05) is 11.9 Å². The van der Waals surface area contributed by atoms with Gasteiger partial charge in [-0.25, -0.2) is 4.79 Å². The fourth-order valence-electron chi connectivity index (χ4n) is 5.08. The van der Waals surface area contributed by atoms with Crippen molar-refractivity contribution < 1.29 is 14.3 Å². The second-order valence-electron chi connectivity index (χ2n) is 8.18. The lowest BCUT2D eigenvalue weighted by Gasteiger charge is -2.20. The zero-order chi connectivity index (χ0) is 18.1. The van der Waals surface area contributed by atoms with E-state index in [0.717, 1.165) is 55.0 Å². The van der Waals surface area contributed by atoms with Gasteiger partial charge in [0, 0.05) is 10.8 Å². The van der Waals surface area contributed by atoms with Gasteiger partial charge in [-0.05, 0) is 68.8 Å². The summed E-state index contributed by atoms with van der Waals surface area (Å²) in [7, 11) is 0. The molecule has 2 fully saturated rings. The largest absolute Gasteiger partial charge is 0.462 e. The number of rotatable bonds is 5. The maximum atomic E-state index is 12.9. The van der Waals surface area contributed by atoms with Gasteiger partial charge in [0.2, 0.25) is 5.91 Å². The number of anilines is 1. The lowest BCUT2D eigenvalue weighted by molar-refractivity contribution is -0.121. The zero-order valence-electron chi connectivity index (χ0n) is 15.6. The number of nitrogens with one attached hydrogen (secondary N) is 1. The molecule has 142 valence electrons. The highest BCUT2D eigenvalue weighted by Gasteiger charge is 2.43. The van der Waals surface area contributed by atoms with Crippen LogP contribution in [-0.2, 0) is 22.4 Å². The molecule has 3 aliphatic rings. The molecule has 1 heterocycles. The molecule has 0 aromatic carbocycles. The van der Waals surface area contributed by atoms with Gasteiger partial charge in [0.15, 0.2) is 0 Å².